The van der Waals surface area contributed by atoms with Crippen molar-refractivity contribution < 1.29 is 18.9 Å². The first kappa shape index (κ1) is 16.1. The van der Waals surface area contributed by atoms with Gasteiger partial charge in [-0.25, -0.2) is 4.90 Å². The van der Waals surface area contributed by atoms with Crippen LogP contribution < -0.4 is 0 Å². The maximum atomic E-state index is 6.28. The first-order valence-electron chi connectivity index (χ1n) is 7.62. The molecule has 2 fully saturated rings. The van der Waals surface area contributed by atoms with Gasteiger partial charge in [-0.2, -0.15) is 0 Å². The summed E-state index contributed by atoms with van der Waals surface area (Å²) in [6, 6.07) is 0. The Balaban J connectivity index is 1.95. The zero-order chi connectivity index (χ0) is 14.4. The van der Waals surface area contributed by atoms with Crippen molar-refractivity contribution in [1.29, 1.82) is 0 Å². The molecule has 118 valence electrons. The van der Waals surface area contributed by atoms with Crippen molar-refractivity contribution in [2.45, 2.75) is 32.9 Å². The van der Waals surface area contributed by atoms with Crippen molar-refractivity contribution in [3.8, 4) is 0 Å². The summed E-state index contributed by atoms with van der Waals surface area (Å²) in [5, 5.41) is 0. The van der Waals surface area contributed by atoms with Gasteiger partial charge in [0.2, 0.25) is 5.91 Å². The third kappa shape index (κ3) is 4.13. The van der Waals surface area contributed by atoms with E-state index >= 15 is 0 Å². The molecule has 0 aliphatic carbocycles. The molecule has 0 N–H and O–H groups in total. The zero-order valence-electron chi connectivity index (χ0n) is 13.0. The summed E-state index contributed by atoms with van der Waals surface area (Å²) in [6.45, 7) is 13.2. The molecule has 0 aromatic heterocycles. The van der Waals surface area contributed by atoms with Gasteiger partial charge in [0.05, 0.1) is 26.4 Å². The van der Waals surface area contributed by atoms with E-state index in [0.717, 1.165) is 52.6 Å². The van der Waals surface area contributed by atoms with Gasteiger partial charge in [0, 0.05) is 39.7 Å². The molecule has 0 amide bonds. The Morgan fingerprint density at radius 3 is 2.15 bits per heavy atom. The number of ether oxygens (including phenoxy) is 4. The normalized spacial score (nSPS) is 27.1. The average Bonchev–Trinajstić information content (AvgIpc) is 2.49. The van der Waals surface area contributed by atoms with E-state index in [0.29, 0.717) is 6.61 Å². The number of hydrogen-bond donors (Lipinski definition) is 0. The van der Waals surface area contributed by atoms with Gasteiger partial charge in [0.15, 0.2) is 0 Å². The van der Waals surface area contributed by atoms with Crippen LogP contribution in [0.2, 0.25) is 0 Å². The molecule has 2 saturated heterocycles. The minimum absolute atomic E-state index is 0.0123. The Hall–Kier alpha value is -0.240. The maximum absolute atomic E-state index is 6.28. The minimum Gasteiger partial charge on any atom is -0.379 e. The predicted octanol–water partition coefficient (Wildman–Crippen LogP) is 0.724. The summed E-state index contributed by atoms with van der Waals surface area (Å²) < 4.78 is 23.0. The third-order valence-electron chi connectivity index (χ3n) is 3.95. The lowest BCUT2D eigenvalue weighted by Gasteiger charge is -2.45. The molecule has 2 aliphatic heterocycles. The van der Waals surface area contributed by atoms with Crippen LogP contribution in [-0.4, -0.2) is 81.2 Å². The fourth-order valence-corrected chi connectivity index (χ4v) is 2.77. The molecule has 2 atom stereocenters. The van der Waals surface area contributed by atoms with Gasteiger partial charge in [0.1, 0.15) is 6.23 Å². The Morgan fingerprint density at radius 2 is 1.60 bits per heavy atom. The van der Waals surface area contributed by atoms with Crippen LogP contribution in [-0.2, 0) is 18.9 Å². The molecule has 6 heteroatoms. The van der Waals surface area contributed by atoms with Crippen LogP contribution in [0.25, 0.3) is 0 Å². The molecule has 0 aromatic rings. The van der Waals surface area contributed by atoms with Crippen molar-refractivity contribution in [3.05, 3.63) is 0 Å². The highest BCUT2D eigenvalue weighted by molar-refractivity contribution is 4.73. The van der Waals surface area contributed by atoms with Gasteiger partial charge in [-0.3, -0.25) is 4.90 Å². The summed E-state index contributed by atoms with van der Waals surface area (Å²) in [7, 11) is 0. The molecule has 2 aliphatic rings. The second-order valence-corrected chi connectivity index (χ2v) is 5.30. The second kappa shape index (κ2) is 7.68. The Morgan fingerprint density at radius 1 is 1.05 bits per heavy atom. The van der Waals surface area contributed by atoms with Crippen molar-refractivity contribution in [1.82, 2.24) is 9.80 Å². The summed E-state index contributed by atoms with van der Waals surface area (Å²) in [6.07, 6.45) is 0.0123. The van der Waals surface area contributed by atoms with E-state index < -0.39 is 5.91 Å². The van der Waals surface area contributed by atoms with Crippen LogP contribution in [0.5, 0.6) is 0 Å². The number of hydrogen-bond acceptors (Lipinski definition) is 6. The van der Waals surface area contributed by atoms with Gasteiger partial charge < -0.3 is 18.9 Å². The molecule has 2 unspecified atom stereocenters. The number of morpholine rings is 2. The van der Waals surface area contributed by atoms with Crippen LogP contribution in [0.3, 0.4) is 0 Å². The zero-order valence-corrected chi connectivity index (χ0v) is 13.0. The molecule has 0 spiro atoms. The monoisotopic (exact) mass is 288 g/mol. The van der Waals surface area contributed by atoms with Gasteiger partial charge >= 0.3 is 0 Å². The topological polar surface area (TPSA) is 43.4 Å². The molecule has 0 radical (unpaired) electrons. The average molecular weight is 288 g/mol. The first-order chi connectivity index (χ1) is 9.65. The van der Waals surface area contributed by atoms with Crippen LogP contribution in [0.1, 0.15) is 20.8 Å². The largest absolute Gasteiger partial charge is 0.379 e. The molecule has 0 aromatic carbocycles. The van der Waals surface area contributed by atoms with Gasteiger partial charge in [-0.1, -0.05) is 0 Å². The van der Waals surface area contributed by atoms with Gasteiger partial charge in [-0.05, 0) is 13.8 Å². The highest BCUT2D eigenvalue weighted by Crippen LogP contribution is 2.23. The molecule has 6 nitrogen and oxygen atoms in total. The van der Waals surface area contributed by atoms with Crippen LogP contribution in [0.4, 0.5) is 0 Å². The van der Waals surface area contributed by atoms with Crippen LogP contribution >= 0.6 is 0 Å². The minimum atomic E-state index is -0.684. The van der Waals surface area contributed by atoms with Gasteiger partial charge in [0.25, 0.3) is 0 Å². The van der Waals surface area contributed by atoms with E-state index in [1.807, 2.05) is 13.8 Å². The summed E-state index contributed by atoms with van der Waals surface area (Å²) in [5.74, 6) is -0.684. The smallest absolute Gasteiger partial charge is 0.228 e. The van der Waals surface area contributed by atoms with Crippen molar-refractivity contribution in [2.75, 3.05) is 59.2 Å². The lowest BCUT2D eigenvalue weighted by molar-refractivity contribution is -0.345. The molecule has 0 bridgehead atoms. The maximum Gasteiger partial charge on any atom is 0.228 e. The van der Waals surface area contributed by atoms with E-state index in [2.05, 4.69) is 16.7 Å². The van der Waals surface area contributed by atoms with E-state index in [1.165, 1.54) is 0 Å². The molecular formula is C14H28N2O4. The second-order valence-electron chi connectivity index (χ2n) is 5.30. The highest BCUT2D eigenvalue weighted by Gasteiger charge is 2.37. The predicted molar refractivity (Wildman–Crippen MR) is 75.4 cm³/mol. The van der Waals surface area contributed by atoms with Crippen molar-refractivity contribution in [2.24, 2.45) is 0 Å². The number of nitrogens with zero attached hydrogens (tertiary/aromatic N) is 2. The third-order valence-corrected chi connectivity index (χ3v) is 3.95. The van der Waals surface area contributed by atoms with E-state index in [1.54, 1.807) is 0 Å². The lowest BCUT2D eigenvalue weighted by atomic mass is 10.3. The fraction of sp³-hybridized carbons (Fsp3) is 1.00. The standard InChI is InChI=1S/C14H28N2O4/c1-4-19-14(3,16-7-11-18-12-8-16)20-13(2)15-5-9-17-10-6-15/h13H,4-12H2,1-3H3. The first-order valence-corrected chi connectivity index (χ1v) is 7.62. The lowest BCUT2D eigenvalue weighted by Crippen LogP contribution is -2.58. The Bertz CT molecular complexity index is 280. The quantitative estimate of drug-likeness (QED) is 0.671. The fourth-order valence-electron chi connectivity index (χ4n) is 2.77. The molecule has 0 saturated carbocycles. The summed E-state index contributed by atoms with van der Waals surface area (Å²) in [5.41, 5.74) is 0. The highest BCUT2D eigenvalue weighted by atomic mass is 16.7. The van der Waals surface area contributed by atoms with Crippen LogP contribution in [0.15, 0.2) is 0 Å². The van der Waals surface area contributed by atoms with Gasteiger partial charge in [-0.15, -0.1) is 0 Å². The molecule has 2 heterocycles. The molecular weight excluding hydrogens is 260 g/mol. The Labute approximate surface area is 121 Å². The molecule has 2 rings (SSSR count). The van der Waals surface area contributed by atoms with Crippen LogP contribution in [0, 0.1) is 0 Å². The number of rotatable bonds is 6. The van der Waals surface area contributed by atoms with E-state index in [9.17, 15) is 0 Å². The summed E-state index contributed by atoms with van der Waals surface area (Å²) in [4.78, 5) is 4.51. The molecule has 20 heavy (non-hydrogen) atoms. The summed E-state index contributed by atoms with van der Waals surface area (Å²) >= 11 is 0. The van der Waals surface area contributed by atoms with E-state index in [4.69, 9.17) is 18.9 Å². The SMILES string of the molecule is CCOC(C)(OC(C)N1CCOCC1)N1CCOCC1. The van der Waals surface area contributed by atoms with Crippen molar-refractivity contribution in [3.63, 3.8) is 0 Å². The Kier molecular flexibility index (Phi) is 6.20. The van der Waals surface area contributed by atoms with E-state index in [-0.39, 0.29) is 6.23 Å². The van der Waals surface area contributed by atoms with Crippen molar-refractivity contribution >= 4 is 0 Å².